The molecule has 0 fully saturated rings. The molecule has 1 amide bonds. The number of hydrogen-bond donors (Lipinski definition) is 2. The van der Waals surface area contributed by atoms with E-state index in [2.05, 4.69) is 5.32 Å². The quantitative estimate of drug-likeness (QED) is 0.888. The Morgan fingerprint density at radius 1 is 1.32 bits per heavy atom. The van der Waals surface area contributed by atoms with E-state index in [-0.39, 0.29) is 17.2 Å². The molecule has 0 radical (unpaired) electrons. The summed E-state index contributed by atoms with van der Waals surface area (Å²) < 4.78 is 13.8. The summed E-state index contributed by atoms with van der Waals surface area (Å²) in [6.07, 6.45) is 0.666. The van der Waals surface area contributed by atoms with Crippen LogP contribution in [0.3, 0.4) is 0 Å². The fourth-order valence-electron chi connectivity index (χ4n) is 2.08. The molecule has 0 bridgehead atoms. The molecule has 1 heterocycles. The number of benzene rings is 1. The number of halogens is 1. The van der Waals surface area contributed by atoms with E-state index in [0.29, 0.717) is 6.42 Å². The molecule has 6 heteroatoms. The molecule has 0 spiro atoms. The first kappa shape index (κ1) is 16.2. The van der Waals surface area contributed by atoms with Gasteiger partial charge in [-0.05, 0) is 44.2 Å². The number of carbonyl (C=O) groups excluding carboxylic acids is 1. The van der Waals surface area contributed by atoms with Gasteiger partial charge in [-0.3, -0.25) is 4.79 Å². The number of carboxylic acid groups (broad SMARTS) is 1. The number of aromatic carboxylic acids is 1. The van der Waals surface area contributed by atoms with Crippen LogP contribution in [0.15, 0.2) is 30.3 Å². The minimum atomic E-state index is -1.23. The van der Waals surface area contributed by atoms with E-state index in [1.54, 1.807) is 11.3 Å². The zero-order chi connectivity index (χ0) is 16.3. The smallest absolute Gasteiger partial charge is 0.335 e. The maximum atomic E-state index is 13.8. The maximum absolute atomic E-state index is 13.8. The molecule has 0 saturated heterocycles. The predicted molar refractivity (Wildman–Crippen MR) is 83.0 cm³/mol. The van der Waals surface area contributed by atoms with E-state index in [1.807, 2.05) is 26.0 Å². The van der Waals surface area contributed by atoms with Gasteiger partial charge in [-0.25, -0.2) is 9.18 Å². The first-order valence-corrected chi connectivity index (χ1v) is 7.57. The van der Waals surface area contributed by atoms with Crippen molar-refractivity contribution in [1.29, 1.82) is 0 Å². The molecule has 0 aliphatic rings. The molecule has 0 aliphatic heterocycles. The Labute approximate surface area is 131 Å². The first-order valence-electron chi connectivity index (χ1n) is 6.76. The van der Waals surface area contributed by atoms with Crippen molar-refractivity contribution < 1.29 is 19.1 Å². The van der Waals surface area contributed by atoms with Gasteiger partial charge in [-0.2, -0.15) is 0 Å². The number of nitrogens with one attached hydrogen (secondary N) is 1. The fourth-order valence-corrected chi connectivity index (χ4v) is 3.10. The lowest BCUT2D eigenvalue weighted by molar-refractivity contribution is 0.0695. The van der Waals surface area contributed by atoms with E-state index < -0.39 is 17.7 Å². The molecular weight excluding hydrogens is 305 g/mol. The number of carboxylic acids is 1. The topological polar surface area (TPSA) is 66.4 Å². The number of thiophene rings is 1. The molecule has 2 aromatic rings. The van der Waals surface area contributed by atoms with Crippen LogP contribution >= 0.6 is 11.3 Å². The summed E-state index contributed by atoms with van der Waals surface area (Å²) in [6.45, 7) is 3.85. The Kier molecular flexibility index (Phi) is 4.92. The van der Waals surface area contributed by atoms with Gasteiger partial charge in [0.25, 0.3) is 5.91 Å². The van der Waals surface area contributed by atoms with Crippen molar-refractivity contribution in [2.45, 2.75) is 26.3 Å². The second-order valence-electron chi connectivity index (χ2n) is 5.09. The van der Waals surface area contributed by atoms with Gasteiger partial charge in [-0.15, -0.1) is 11.3 Å². The van der Waals surface area contributed by atoms with E-state index in [0.717, 1.165) is 10.9 Å². The van der Waals surface area contributed by atoms with Crippen molar-refractivity contribution in [2.75, 3.05) is 0 Å². The minimum Gasteiger partial charge on any atom is -0.478 e. The zero-order valence-corrected chi connectivity index (χ0v) is 13.0. The van der Waals surface area contributed by atoms with E-state index >= 15 is 0 Å². The van der Waals surface area contributed by atoms with E-state index in [1.165, 1.54) is 17.0 Å². The molecule has 1 aromatic carbocycles. The molecule has 2 N–H and O–H groups in total. The number of aryl methyl sites for hydroxylation is 1. The summed E-state index contributed by atoms with van der Waals surface area (Å²) in [5, 5.41) is 11.5. The van der Waals surface area contributed by atoms with Crippen molar-refractivity contribution in [1.82, 2.24) is 5.32 Å². The molecule has 0 aliphatic carbocycles. The Morgan fingerprint density at radius 3 is 2.59 bits per heavy atom. The molecule has 4 nitrogen and oxygen atoms in total. The Balaban J connectivity index is 2.03. The highest BCUT2D eigenvalue weighted by Crippen LogP contribution is 2.17. The van der Waals surface area contributed by atoms with Gasteiger partial charge in [0, 0.05) is 22.2 Å². The fraction of sp³-hybridized carbons (Fsp3) is 0.250. The van der Waals surface area contributed by atoms with Crippen molar-refractivity contribution in [2.24, 2.45) is 0 Å². The van der Waals surface area contributed by atoms with Crippen LogP contribution in [0.1, 0.15) is 37.4 Å². The van der Waals surface area contributed by atoms with Gasteiger partial charge in [-0.1, -0.05) is 0 Å². The third-order valence-corrected chi connectivity index (χ3v) is 4.16. The van der Waals surface area contributed by atoms with E-state index in [4.69, 9.17) is 5.11 Å². The Bertz CT molecular complexity index is 711. The van der Waals surface area contributed by atoms with Crippen LogP contribution in [0.4, 0.5) is 4.39 Å². The standard InChI is InChI=1S/C16H16FNO3S/c1-9(7-12-5-3-10(2)22-12)18-15(19)13-6-4-11(16(20)21)8-14(13)17/h3-6,8-9H,7H2,1-2H3,(H,18,19)(H,20,21). The maximum Gasteiger partial charge on any atom is 0.335 e. The monoisotopic (exact) mass is 321 g/mol. The lowest BCUT2D eigenvalue weighted by Crippen LogP contribution is -2.34. The van der Waals surface area contributed by atoms with Crippen molar-refractivity contribution in [3.8, 4) is 0 Å². The highest BCUT2D eigenvalue weighted by Gasteiger charge is 2.16. The second-order valence-corrected chi connectivity index (χ2v) is 6.46. The van der Waals surface area contributed by atoms with Gasteiger partial charge in [0.2, 0.25) is 0 Å². The van der Waals surface area contributed by atoms with Crippen molar-refractivity contribution in [3.63, 3.8) is 0 Å². The third-order valence-electron chi connectivity index (χ3n) is 3.14. The van der Waals surface area contributed by atoms with Crippen LogP contribution in [0.2, 0.25) is 0 Å². The molecule has 1 atom stereocenters. The lowest BCUT2D eigenvalue weighted by Gasteiger charge is -2.13. The molecule has 22 heavy (non-hydrogen) atoms. The summed E-state index contributed by atoms with van der Waals surface area (Å²) in [6, 6.07) is 7.13. The molecule has 116 valence electrons. The van der Waals surface area contributed by atoms with Crippen LogP contribution in [-0.4, -0.2) is 23.0 Å². The second kappa shape index (κ2) is 6.70. The van der Waals surface area contributed by atoms with Crippen LogP contribution in [0, 0.1) is 12.7 Å². The minimum absolute atomic E-state index is 0.149. The SMILES string of the molecule is Cc1ccc(CC(C)NC(=O)c2ccc(C(=O)O)cc2F)s1. The highest BCUT2D eigenvalue weighted by molar-refractivity contribution is 7.11. The number of hydrogen-bond acceptors (Lipinski definition) is 3. The summed E-state index contributed by atoms with van der Waals surface area (Å²) in [7, 11) is 0. The predicted octanol–water partition coefficient (Wildman–Crippen LogP) is 3.25. The lowest BCUT2D eigenvalue weighted by atomic mass is 10.1. The van der Waals surface area contributed by atoms with Crippen LogP contribution in [0.5, 0.6) is 0 Å². The number of rotatable bonds is 5. The number of carbonyl (C=O) groups is 2. The molecule has 2 rings (SSSR count). The Morgan fingerprint density at radius 2 is 2.05 bits per heavy atom. The average molecular weight is 321 g/mol. The third kappa shape index (κ3) is 3.92. The zero-order valence-electron chi connectivity index (χ0n) is 12.2. The van der Waals surface area contributed by atoms with Gasteiger partial charge in [0.1, 0.15) is 5.82 Å². The summed E-state index contributed by atoms with van der Waals surface area (Å²) in [4.78, 5) is 25.2. The van der Waals surface area contributed by atoms with Crippen molar-refractivity contribution in [3.05, 3.63) is 57.0 Å². The van der Waals surface area contributed by atoms with Gasteiger partial charge in [0.15, 0.2) is 0 Å². The summed E-state index contributed by atoms with van der Waals surface area (Å²) >= 11 is 1.66. The van der Waals surface area contributed by atoms with Gasteiger partial charge >= 0.3 is 5.97 Å². The molecule has 1 unspecified atom stereocenters. The molecular formula is C16H16FNO3S. The largest absolute Gasteiger partial charge is 0.478 e. The number of amides is 1. The van der Waals surface area contributed by atoms with Crippen LogP contribution in [0.25, 0.3) is 0 Å². The first-order chi connectivity index (χ1) is 10.4. The highest BCUT2D eigenvalue weighted by atomic mass is 32.1. The molecule has 1 aromatic heterocycles. The van der Waals surface area contributed by atoms with Crippen LogP contribution in [-0.2, 0) is 6.42 Å². The van der Waals surface area contributed by atoms with Gasteiger partial charge in [0.05, 0.1) is 11.1 Å². The summed E-state index contributed by atoms with van der Waals surface area (Å²) in [5.41, 5.74) is -0.338. The Hall–Kier alpha value is -2.21. The van der Waals surface area contributed by atoms with Gasteiger partial charge < -0.3 is 10.4 Å². The van der Waals surface area contributed by atoms with Crippen LogP contribution < -0.4 is 5.32 Å². The molecule has 0 saturated carbocycles. The average Bonchev–Trinajstić information content (AvgIpc) is 2.83. The normalized spacial score (nSPS) is 12.0. The van der Waals surface area contributed by atoms with E-state index in [9.17, 15) is 14.0 Å². The van der Waals surface area contributed by atoms with Crippen molar-refractivity contribution >= 4 is 23.2 Å². The summed E-state index contributed by atoms with van der Waals surface area (Å²) in [5.74, 6) is -2.61.